The number of fused-ring (bicyclic) bond motifs is 3. The standard InChI is InChI=1S/C27H33BN4O8S/c1-15(2)12-18-13-20-17(14-21(18)40-4)7-8-19-23(29-24(32(19)20)22-6-5-11-41-22)25(34)31(27(37,38)39)10-9-30(16(3)33)26(28,35)36/h5-6,11,13-15,35-39H,7-10,12H2,1-4H3. The lowest BCUT2D eigenvalue weighted by atomic mass is 9.94. The Bertz CT molecular complexity index is 1430. The maximum absolute atomic E-state index is 13.8. The molecule has 0 aliphatic carbocycles. The fraction of sp³-hybridized carbons (Fsp3) is 0.444. The molecule has 0 bridgehead atoms. The lowest BCUT2D eigenvalue weighted by molar-refractivity contribution is -0.378. The van der Waals surface area contributed by atoms with Crippen molar-refractivity contribution in [2.45, 2.75) is 51.9 Å². The summed E-state index contributed by atoms with van der Waals surface area (Å²) in [5.41, 5.74) is 3.13. The quantitative estimate of drug-likeness (QED) is 0.169. The van der Waals surface area contributed by atoms with Crippen LogP contribution in [0.3, 0.4) is 0 Å². The molecule has 2 radical (unpaired) electrons. The molecular formula is C27H33BN4O8S. The molecule has 5 N–H and O–H groups in total. The van der Waals surface area contributed by atoms with Crippen LogP contribution < -0.4 is 4.74 Å². The third-order valence-electron chi connectivity index (χ3n) is 6.83. The summed E-state index contributed by atoms with van der Waals surface area (Å²) in [5, 5.41) is 51.6. The molecule has 4 rings (SSSR count). The van der Waals surface area contributed by atoms with E-state index in [2.05, 4.69) is 18.8 Å². The molecular weight excluding hydrogens is 551 g/mol. The number of carbonyl (C=O) groups is 2. The van der Waals surface area contributed by atoms with Gasteiger partial charge >= 0.3 is 6.10 Å². The monoisotopic (exact) mass is 584 g/mol. The maximum Gasteiger partial charge on any atom is 0.372 e. The van der Waals surface area contributed by atoms with E-state index < -0.39 is 36.8 Å². The molecule has 1 aliphatic rings. The number of amides is 2. The molecule has 12 nitrogen and oxygen atoms in total. The molecule has 1 aromatic carbocycles. The molecule has 0 saturated heterocycles. The molecule has 218 valence electrons. The van der Waals surface area contributed by atoms with Crippen molar-refractivity contribution in [1.82, 2.24) is 19.4 Å². The van der Waals surface area contributed by atoms with Crippen molar-refractivity contribution in [3.63, 3.8) is 0 Å². The topological polar surface area (TPSA) is 169 Å². The molecule has 0 spiro atoms. The van der Waals surface area contributed by atoms with E-state index in [-0.39, 0.29) is 10.6 Å². The Morgan fingerprint density at radius 1 is 1.15 bits per heavy atom. The van der Waals surface area contributed by atoms with Crippen molar-refractivity contribution < 1.29 is 39.9 Å². The lowest BCUT2D eigenvalue weighted by Gasteiger charge is -2.36. The second-order valence-corrected chi connectivity index (χ2v) is 11.3. The van der Waals surface area contributed by atoms with Gasteiger partial charge in [-0.1, -0.05) is 19.9 Å². The number of aryl methyl sites for hydroxylation is 1. The number of carbonyl (C=O) groups excluding carboxylic acids is 2. The number of benzene rings is 1. The smallest absolute Gasteiger partial charge is 0.372 e. The summed E-state index contributed by atoms with van der Waals surface area (Å²) in [6, 6.07) is 7.70. The number of aliphatic hydroxyl groups is 5. The van der Waals surface area contributed by atoms with Gasteiger partial charge < -0.3 is 30.3 Å². The number of nitrogens with zero attached hydrogens (tertiary/aromatic N) is 4. The van der Waals surface area contributed by atoms with Crippen LogP contribution >= 0.6 is 11.3 Å². The third kappa shape index (κ3) is 6.32. The van der Waals surface area contributed by atoms with E-state index in [0.29, 0.717) is 35.2 Å². The van der Waals surface area contributed by atoms with Crippen LogP contribution in [0.5, 0.6) is 5.75 Å². The van der Waals surface area contributed by atoms with Crippen molar-refractivity contribution in [1.29, 1.82) is 0 Å². The van der Waals surface area contributed by atoms with Gasteiger partial charge in [-0.2, -0.15) is 0 Å². The summed E-state index contributed by atoms with van der Waals surface area (Å²) in [6.45, 7) is 3.83. The van der Waals surface area contributed by atoms with E-state index >= 15 is 0 Å². The Kier molecular flexibility index (Phi) is 8.64. The van der Waals surface area contributed by atoms with E-state index in [1.165, 1.54) is 11.3 Å². The van der Waals surface area contributed by atoms with Crippen LogP contribution in [0.15, 0.2) is 29.6 Å². The van der Waals surface area contributed by atoms with Gasteiger partial charge in [0.1, 0.15) is 5.75 Å². The average Bonchev–Trinajstić information content (AvgIpc) is 3.52. The molecule has 0 unspecified atom stereocenters. The summed E-state index contributed by atoms with van der Waals surface area (Å²) >= 11 is 1.41. The van der Waals surface area contributed by atoms with Gasteiger partial charge in [0.05, 0.1) is 23.4 Å². The molecule has 0 saturated carbocycles. The van der Waals surface area contributed by atoms with E-state index in [9.17, 15) is 35.1 Å². The Labute approximate surface area is 242 Å². The molecule has 0 fully saturated rings. The van der Waals surface area contributed by atoms with Gasteiger partial charge in [-0.15, -0.1) is 11.3 Å². The highest BCUT2D eigenvalue weighted by atomic mass is 32.1. The second-order valence-electron chi connectivity index (χ2n) is 10.3. The van der Waals surface area contributed by atoms with Crippen LogP contribution in [0.2, 0.25) is 0 Å². The highest BCUT2D eigenvalue weighted by molar-refractivity contribution is 7.13. The minimum atomic E-state index is -3.66. The first-order chi connectivity index (χ1) is 19.1. The summed E-state index contributed by atoms with van der Waals surface area (Å²) < 4.78 is 7.53. The Hall–Kier alpha value is -3.27. The minimum absolute atomic E-state index is 0.136. The minimum Gasteiger partial charge on any atom is -0.496 e. The molecule has 2 amide bonds. The number of methoxy groups -OCH3 is 1. The van der Waals surface area contributed by atoms with Crippen molar-refractivity contribution in [3.05, 3.63) is 52.2 Å². The molecule has 41 heavy (non-hydrogen) atoms. The van der Waals surface area contributed by atoms with Gasteiger partial charge in [-0.25, -0.2) is 4.98 Å². The highest BCUT2D eigenvalue weighted by Crippen LogP contribution is 2.38. The normalized spacial score (nSPS) is 13.1. The summed E-state index contributed by atoms with van der Waals surface area (Å²) in [6.07, 6.45) is -2.01. The Morgan fingerprint density at radius 3 is 2.37 bits per heavy atom. The second kappa shape index (κ2) is 11.5. The van der Waals surface area contributed by atoms with Crippen LogP contribution in [0.4, 0.5) is 0 Å². The van der Waals surface area contributed by atoms with Crippen molar-refractivity contribution in [2.24, 2.45) is 5.92 Å². The number of imidazole rings is 1. The van der Waals surface area contributed by atoms with Gasteiger partial charge in [0.25, 0.3) is 5.91 Å². The lowest BCUT2D eigenvalue weighted by Crippen LogP contribution is -2.58. The molecule has 0 atom stereocenters. The van der Waals surface area contributed by atoms with Crippen LogP contribution in [0.25, 0.3) is 16.4 Å². The summed E-state index contributed by atoms with van der Waals surface area (Å²) in [5.74, 6) is -3.43. The van der Waals surface area contributed by atoms with E-state index in [0.717, 1.165) is 40.8 Å². The van der Waals surface area contributed by atoms with E-state index in [1.54, 1.807) is 7.11 Å². The number of hydrogen-bond donors (Lipinski definition) is 5. The van der Waals surface area contributed by atoms with Crippen LogP contribution in [0, 0.1) is 5.92 Å². The first-order valence-corrected chi connectivity index (χ1v) is 13.9. The van der Waals surface area contributed by atoms with E-state index in [4.69, 9.17) is 12.6 Å². The van der Waals surface area contributed by atoms with Crippen molar-refractivity contribution in [3.8, 4) is 22.1 Å². The van der Waals surface area contributed by atoms with Crippen molar-refractivity contribution in [2.75, 3.05) is 20.2 Å². The molecule has 14 heteroatoms. The molecule has 3 heterocycles. The van der Waals surface area contributed by atoms with Gasteiger partial charge in [-0.05, 0) is 59.9 Å². The SMILES string of the molecule is [B]C(O)(O)N(CCN(C(=O)c1nc(-c2cccs2)n2c1CCc1cc(OC)c(CC(C)C)cc1-2)C(O)(O)O)C(C)=O. The molecule has 2 aromatic heterocycles. The third-order valence-corrected chi connectivity index (χ3v) is 7.70. The Morgan fingerprint density at radius 2 is 1.83 bits per heavy atom. The van der Waals surface area contributed by atoms with Crippen molar-refractivity contribution >= 4 is 31.0 Å². The highest BCUT2D eigenvalue weighted by Gasteiger charge is 2.40. The molecule has 1 aliphatic heterocycles. The predicted octanol–water partition coefficient (Wildman–Crippen LogP) is 0.550. The summed E-state index contributed by atoms with van der Waals surface area (Å²) in [7, 11) is 6.85. The van der Waals surface area contributed by atoms with Gasteiger partial charge in [0, 0.05) is 20.0 Å². The van der Waals surface area contributed by atoms with Crippen LogP contribution in [0.1, 0.15) is 48.1 Å². The zero-order valence-electron chi connectivity index (χ0n) is 23.2. The maximum atomic E-state index is 13.8. The number of hydrogen-bond acceptors (Lipinski definition) is 10. The zero-order chi connectivity index (χ0) is 30.3. The average molecular weight is 584 g/mol. The van der Waals surface area contributed by atoms with Gasteiger partial charge in [-0.3, -0.25) is 24.0 Å². The number of rotatable bonds is 10. The first-order valence-electron chi connectivity index (χ1n) is 13.0. The van der Waals surface area contributed by atoms with Crippen LogP contribution in [-0.4, -0.2) is 96.7 Å². The largest absolute Gasteiger partial charge is 0.496 e. The fourth-order valence-electron chi connectivity index (χ4n) is 5.06. The van der Waals surface area contributed by atoms with Gasteiger partial charge in [0.2, 0.25) is 5.91 Å². The predicted molar refractivity (Wildman–Crippen MR) is 150 cm³/mol. The van der Waals surface area contributed by atoms with Gasteiger partial charge in [0.15, 0.2) is 25.2 Å². The fourth-order valence-corrected chi connectivity index (χ4v) is 5.76. The Balaban J connectivity index is 1.84. The number of ether oxygens (including phenoxy) is 1. The zero-order valence-corrected chi connectivity index (χ0v) is 24.1. The molecule has 3 aromatic rings. The number of aromatic nitrogens is 2. The first kappa shape index (κ1) is 30.7. The van der Waals surface area contributed by atoms with E-state index in [1.807, 2.05) is 34.2 Å². The summed E-state index contributed by atoms with van der Waals surface area (Å²) in [4.78, 5) is 31.7. The van der Waals surface area contributed by atoms with Crippen LogP contribution in [-0.2, 0) is 24.1 Å². The number of thiophene rings is 1.